The first-order chi connectivity index (χ1) is 18.7. The summed E-state index contributed by atoms with van der Waals surface area (Å²) in [5.74, 6) is 0.947. The van der Waals surface area contributed by atoms with Gasteiger partial charge in [-0.3, -0.25) is 24.3 Å². The molecule has 0 aliphatic carbocycles. The zero-order valence-electron chi connectivity index (χ0n) is 22.8. The molecule has 0 radical (unpaired) electrons. The predicted octanol–water partition coefficient (Wildman–Crippen LogP) is 4.51. The molecule has 0 bridgehead atoms. The van der Waals surface area contributed by atoms with Gasteiger partial charge in [0.1, 0.15) is 0 Å². The van der Waals surface area contributed by atoms with Gasteiger partial charge in [-0.05, 0) is 44.4 Å². The van der Waals surface area contributed by atoms with Crippen LogP contribution in [0.2, 0.25) is 0 Å². The molecule has 1 amide bonds. The van der Waals surface area contributed by atoms with Crippen molar-refractivity contribution >= 4 is 29.0 Å². The third-order valence-electron chi connectivity index (χ3n) is 7.09. The highest BCUT2D eigenvalue weighted by molar-refractivity contribution is 7.99. The van der Waals surface area contributed by atoms with Crippen molar-refractivity contribution in [2.75, 3.05) is 36.8 Å². The Morgan fingerprint density at radius 2 is 1.77 bits per heavy atom. The van der Waals surface area contributed by atoms with Gasteiger partial charge in [-0.2, -0.15) is 0 Å². The van der Waals surface area contributed by atoms with Gasteiger partial charge in [-0.25, -0.2) is 4.98 Å². The molecule has 1 aliphatic rings. The second kappa shape index (κ2) is 12.9. The molecule has 1 saturated heterocycles. The fourth-order valence-electron chi connectivity index (χ4n) is 4.79. The van der Waals surface area contributed by atoms with Crippen LogP contribution in [0.3, 0.4) is 0 Å². The maximum Gasteiger partial charge on any atom is 0.269 e. The van der Waals surface area contributed by atoms with Crippen LogP contribution in [0.4, 0.5) is 11.4 Å². The molecular weight excluding hydrogens is 514 g/mol. The molecule has 9 nitrogen and oxygen atoms in total. The smallest absolute Gasteiger partial charge is 0.269 e. The van der Waals surface area contributed by atoms with Crippen molar-refractivity contribution in [1.82, 2.24) is 14.5 Å². The summed E-state index contributed by atoms with van der Waals surface area (Å²) in [5, 5.41) is 11.6. The fourth-order valence-corrected chi connectivity index (χ4v) is 5.80. The number of thioether (sulfide) groups is 1. The second-order valence-electron chi connectivity index (χ2n) is 9.94. The Morgan fingerprint density at radius 1 is 1.05 bits per heavy atom. The Kier molecular flexibility index (Phi) is 9.40. The molecule has 39 heavy (non-hydrogen) atoms. The van der Waals surface area contributed by atoms with Gasteiger partial charge >= 0.3 is 0 Å². The van der Waals surface area contributed by atoms with Gasteiger partial charge in [0.2, 0.25) is 5.91 Å². The van der Waals surface area contributed by atoms with Crippen molar-refractivity contribution in [2.45, 2.75) is 44.7 Å². The SMILES string of the molecule is Cc1cccc(Cc2c(C)nc(SCCCCC(=O)N3CCN(c4ccc([N+](=O)[O-])cc4)CC3)n(C)c2=O)c1. The summed E-state index contributed by atoms with van der Waals surface area (Å²) in [7, 11) is 1.77. The van der Waals surface area contributed by atoms with Gasteiger partial charge in [-0.15, -0.1) is 0 Å². The number of nitro benzene ring substituents is 1. The van der Waals surface area contributed by atoms with Crippen LogP contribution in [0.5, 0.6) is 0 Å². The van der Waals surface area contributed by atoms with Crippen molar-refractivity contribution in [3.8, 4) is 0 Å². The maximum atomic E-state index is 13.0. The molecule has 2 aromatic carbocycles. The lowest BCUT2D eigenvalue weighted by Crippen LogP contribution is -2.48. The Bertz CT molecular complexity index is 1380. The van der Waals surface area contributed by atoms with Crippen LogP contribution < -0.4 is 10.5 Å². The van der Waals surface area contributed by atoms with E-state index in [4.69, 9.17) is 4.98 Å². The first-order valence-electron chi connectivity index (χ1n) is 13.2. The number of carbonyl (C=O) groups is 1. The number of aryl methyl sites for hydroxylation is 2. The molecule has 0 N–H and O–H groups in total. The average Bonchev–Trinajstić information content (AvgIpc) is 2.93. The number of non-ortho nitro benzene ring substituents is 1. The standard InChI is InChI=1S/C29H35N5O4S/c1-21-7-6-8-23(19-21)20-26-22(2)30-29(31(3)28(26)36)39-18-5-4-9-27(35)33-16-14-32(15-17-33)24-10-12-25(13-11-24)34(37)38/h6-8,10-13,19H,4-5,9,14-18,20H2,1-3H3. The summed E-state index contributed by atoms with van der Waals surface area (Å²) in [6.07, 6.45) is 2.72. The molecule has 0 spiro atoms. The van der Waals surface area contributed by atoms with E-state index in [0.29, 0.717) is 44.2 Å². The normalized spacial score (nSPS) is 13.5. The molecule has 0 unspecified atom stereocenters. The van der Waals surface area contributed by atoms with Crippen LogP contribution in [-0.2, 0) is 18.3 Å². The molecule has 2 heterocycles. The molecule has 4 rings (SSSR count). The molecule has 0 atom stereocenters. The summed E-state index contributed by atoms with van der Waals surface area (Å²) < 4.78 is 1.64. The van der Waals surface area contributed by atoms with Crippen molar-refractivity contribution in [2.24, 2.45) is 7.05 Å². The van der Waals surface area contributed by atoms with Crippen molar-refractivity contribution in [1.29, 1.82) is 0 Å². The highest BCUT2D eigenvalue weighted by Crippen LogP contribution is 2.22. The van der Waals surface area contributed by atoms with Crippen molar-refractivity contribution in [3.05, 3.63) is 91.4 Å². The number of nitrogens with zero attached hydrogens (tertiary/aromatic N) is 5. The van der Waals surface area contributed by atoms with E-state index in [1.807, 2.05) is 36.9 Å². The summed E-state index contributed by atoms with van der Waals surface area (Å²) in [6.45, 7) is 6.65. The van der Waals surface area contributed by atoms with E-state index in [0.717, 1.165) is 41.1 Å². The Hall–Kier alpha value is -3.66. The number of amides is 1. The van der Waals surface area contributed by atoms with E-state index in [2.05, 4.69) is 11.0 Å². The fraction of sp³-hybridized carbons (Fsp3) is 0.414. The lowest BCUT2D eigenvalue weighted by atomic mass is 10.0. The van der Waals surface area contributed by atoms with E-state index in [-0.39, 0.29) is 17.2 Å². The zero-order chi connectivity index (χ0) is 27.9. The van der Waals surface area contributed by atoms with Crippen LogP contribution in [0.15, 0.2) is 58.5 Å². The van der Waals surface area contributed by atoms with Gasteiger partial charge in [-0.1, -0.05) is 41.6 Å². The van der Waals surface area contributed by atoms with Crippen LogP contribution in [-0.4, -0.2) is 57.2 Å². The molecule has 206 valence electrons. The number of piperazine rings is 1. The largest absolute Gasteiger partial charge is 0.368 e. The number of hydrogen-bond acceptors (Lipinski definition) is 7. The van der Waals surface area contributed by atoms with Crippen LogP contribution in [0, 0.1) is 24.0 Å². The van der Waals surface area contributed by atoms with E-state index in [1.54, 1.807) is 35.5 Å². The van der Waals surface area contributed by atoms with Crippen LogP contribution >= 0.6 is 11.8 Å². The second-order valence-corrected chi connectivity index (χ2v) is 11.0. The zero-order valence-corrected chi connectivity index (χ0v) is 23.6. The Labute approximate surface area is 233 Å². The molecule has 1 fully saturated rings. The topological polar surface area (TPSA) is 102 Å². The molecule has 0 saturated carbocycles. The van der Waals surface area contributed by atoms with E-state index in [9.17, 15) is 19.7 Å². The Balaban J connectivity index is 1.20. The molecule has 3 aromatic rings. The third kappa shape index (κ3) is 7.26. The number of benzene rings is 2. The highest BCUT2D eigenvalue weighted by Gasteiger charge is 2.21. The summed E-state index contributed by atoms with van der Waals surface area (Å²) in [4.78, 5) is 45.0. The summed E-state index contributed by atoms with van der Waals surface area (Å²) >= 11 is 1.56. The average molecular weight is 550 g/mol. The molecule has 10 heteroatoms. The predicted molar refractivity (Wildman–Crippen MR) is 155 cm³/mol. The number of carbonyl (C=O) groups excluding carboxylic acids is 1. The third-order valence-corrected chi connectivity index (χ3v) is 8.20. The first-order valence-corrected chi connectivity index (χ1v) is 14.2. The van der Waals surface area contributed by atoms with Gasteiger partial charge in [0.25, 0.3) is 11.2 Å². The number of nitro groups is 1. The van der Waals surface area contributed by atoms with Crippen molar-refractivity contribution < 1.29 is 9.72 Å². The quantitative estimate of drug-likeness (QED) is 0.121. The van der Waals surface area contributed by atoms with E-state index in [1.165, 1.54) is 17.7 Å². The minimum absolute atomic E-state index is 0.00504. The summed E-state index contributed by atoms with van der Waals surface area (Å²) in [6, 6.07) is 14.7. The lowest BCUT2D eigenvalue weighted by Gasteiger charge is -2.36. The minimum atomic E-state index is -0.402. The lowest BCUT2D eigenvalue weighted by molar-refractivity contribution is -0.384. The molecule has 1 aromatic heterocycles. The number of hydrogen-bond donors (Lipinski definition) is 0. The minimum Gasteiger partial charge on any atom is -0.368 e. The molecular formula is C29H35N5O4S. The number of rotatable bonds is 10. The maximum absolute atomic E-state index is 13.0. The van der Waals surface area contributed by atoms with Gasteiger partial charge in [0, 0.05) is 80.9 Å². The van der Waals surface area contributed by atoms with E-state index >= 15 is 0 Å². The summed E-state index contributed by atoms with van der Waals surface area (Å²) in [5.41, 5.74) is 4.78. The van der Waals surface area contributed by atoms with Gasteiger partial charge in [0.05, 0.1) is 4.92 Å². The van der Waals surface area contributed by atoms with Crippen LogP contribution in [0.1, 0.15) is 41.6 Å². The number of aromatic nitrogens is 2. The van der Waals surface area contributed by atoms with Gasteiger partial charge in [0.15, 0.2) is 5.16 Å². The molecule has 1 aliphatic heterocycles. The van der Waals surface area contributed by atoms with E-state index < -0.39 is 4.92 Å². The monoisotopic (exact) mass is 549 g/mol. The van der Waals surface area contributed by atoms with Crippen LogP contribution in [0.25, 0.3) is 0 Å². The Morgan fingerprint density at radius 3 is 2.44 bits per heavy atom. The number of anilines is 1. The highest BCUT2D eigenvalue weighted by atomic mass is 32.2. The van der Waals surface area contributed by atoms with Gasteiger partial charge < -0.3 is 9.80 Å². The first kappa shape index (κ1) is 28.4. The van der Waals surface area contributed by atoms with Crippen molar-refractivity contribution in [3.63, 3.8) is 0 Å². The number of unbranched alkanes of at least 4 members (excludes halogenated alkanes) is 1.